The molecule has 0 radical (unpaired) electrons. The monoisotopic (exact) mass is 914 g/mol. The topological polar surface area (TPSA) is 95.9 Å². The van der Waals surface area contributed by atoms with Gasteiger partial charge in [0.25, 0.3) is 0 Å². The van der Waals surface area contributed by atoms with Gasteiger partial charge in [0.1, 0.15) is 0 Å². The fourth-order valence-electron chi connectivity index (χ4n) is 8.73. The molecule has 1 amide bonds. The molecule has 6 nitrogen and oxygen atoms in total. The summed E-state index contributed by atoms with van der Waals surface area (Å²) in [6.07, 6.45) is 67.3. The second kappa shape index (κ2) is 54.7. The first-order chi connectivity index (χ1) is 32.0. The van der Waals surface area contributed by atoms with Crippen molar-refractivity contribution in [3.63, 3.8) is 0 Å². The maximum Gasteiger partial charge on any atom is 0.305 e. The third kappa shape index (κ3) is 51.3. The van der Waals surface area contributed by atoms with E-state index in [4.69, 9.17) is 4.74 Å². The van der Waals surface area contributed by atoms with E-state index < -0.39 is 12.1 Å². The molecule has 0 rings (SSSR count). The number of allylic oxidation sites excluding steroid dienone is 5. The predicted octanol–water partition coefficient (Wildman–Crippen LogP) is 17.6. The molecule has 0 aromatic heterocycles. The Bertz CT molecular complexity index is 1060. The van der Waals surface area contributed by atoms with Crippen molar-refractivity contribution in [2.75, 3.05) is 13.2 Å². The smallest absolute Gasteiger partial charge is 0.305 e. The highest BCUT2D eigenvalue weighted by molar-refractivity contribution is 5.76. The van der Waals surface area contributed by atoms with E-state index in [1.807, 2.05) is 6.08 Å². The van der Waals surface area contributed by atoms with Crippen LogP contribution in [0.3, 0.4) is 0 Å². The summed E-state index contributed by atoms with van der Waals surface area (Å²) in [6, 6.07) is -0.633. The molecule has 382 valence electrons. The average molecular weight is 915 g/mol. The minimum absolute atomic E-state index is 0.0110. The van der Waals surface area contributed by atoms with Crippen LogP contribution in [0.15, 0.2) is 36.5 Å². The molecule has 0 aliphatic rings. The molecule has 0 heterocycles. The molecular formula is C59H111NO5. The lowest BCUT2D eigenvalue weighted by atomic mass is 10.0. The number of hydrogen-bond acceptors (Lipinski definition) is 5. The first kappa shape index (κ1) is 63.1. The Kier molecular flexibility index (Phi) is 53.1. The fourth-order valence-corrected chi connectivity index (χ4v) is 8.73. The Labute approximate surface area is 404 Å². The van der Waals surface area contributed by atoms with E-state index in [0.29, 0.717) is 19.4 Å². The average Bonchev–Trinajstić information content (AvgIpc) is 3.31. The molecule has 3 N–H and O–H groups in total. The molecule has 0 saturated carbocycles. The molecule has 0 aromatic rings. The molecule has 0 fully saturated rings. The number of unbranched alkanes of at least 4 members (excludes halogenated alkanes) is 38. The number of ether oxygens (including phenoxy) is 1. The zero-order valence-electron chi connectivity index (χ0n) is 43.5. The van der Waals surface area contributed by atoms with Crippen LogP contribution in [0.5, 0.6) is 0 Å². The number of carbonyl (C=O) groups is 2. The zero-order chi connectivity index (χ0) is 47.2. The molecule has 0 bridgehead atoms. The minimum atomic E-state index is -0.849. The molecule has 6 heteroatoms. The third-order valence-corrected chi connectivity index (χ3v) is 13.1. The molecule has 65 heavy (non-hydrogen) atoms. The third-order valence-electron chi connectivity index (χ3n) is 13.1. The summed E-state index contributed by atoms with van der Waals surface area (Å²) in [7, 11) is 0. The van der Waals surface area contributed by atoms with Crippen LogP contribution in [0.4, 0.5) is 0 Å². The Morgan fingerprint density at radius 1 is 0.431 bits per heavy atom. The van der Waals surface area contributed by atoms with E-state index in [2.05, 4.69) is 43.5 Å². The van der Waals surface area contributed by atoms with Gasteiger partial charge in [0.2, 0.25) is 5.91 Å². The Balaban J connectivity index is 3.46. The van der Waals surface area contributed by atoms with Crippen molar-refractivity contribution >= 4 is 11.9 Å². The van der Waals surface area contributed by atoms with Crippen molar-refractivity contribution in [2.24, 2.45) is 0 Å². The van der Waals surface area contributed by atoms with Crippen molar-refractivity contribution in [2.45, 2.75) is 315 Å². The molecular weight excluding hydrogens is 803 g/mol. The van der Waals surface area contributed by atoms with Crippen molar-refractivity contribution in [3.05, 3.63) is 36.5 Å². The fraction of sp³-hybridized carbons (Fsp3) is 0.864. The van der Waals surface area contributed by atoms with Crippen molar-refractivity contribution in [1.29, 1.82) is 0 Å². The number of esters is 1. The summed E-state index contributed by atoms with van der Waals surface area (Å²) >= 11 is 0. The highest BCUT2D eigenvalue weighted by Gasteiger charge is 2.18. The van der Waals surface area contributed by atoms with Gasteiger partial charge in [0, 0.05) is 12.8 Å². The zero-order valence-corrected chi connectivity index (χ0v) is 43.5. The van der Waals surface area contributed by atoms with Gasteiger partial charge in [0.15, 0.2) is 0 Å². The molecule has 0 spiro atoms. The number of carbonyl (C=O) groups excluding carboxylic acids is 2. The molecule has 0 aliphatic heterocycles. The number of aliphatic hydroxyl groups excluding tert-OH is 2. The molecule has 0 saturated heterocycles. The normalized spacial score (nSPS) is 12.9. The van der Waals surface area contributed by atoms with Gasteiger partial charge in [-0.3, -0.25) is 9.59 Å². The lowest BCUT2D eigenvalue weighted by Gasteiger charge is -2.20. The number of aliphatic hydroxyl groups is 2. The van der Waals surface area contributed by atoms with E-state index >= 15 is 0 Å². The van der Waals surface area contributed by atoms with E-state index in [9.17, 15) is 19.8 Å². The van der Waals surface area contributed by atoms with Crippen LogP contribution in [0.2, 0.25) is 0 Å². The Morgan fingerprint density at radius 2 is 0.800 bits per heavy atom. The highest BCUT2D eigenvalue weighted by Crippen LogP contribution is 2.17. The molecule has 0 aliphatic carbocycles. The molecule has 0 aromatic carbocycles. The van der Waals surface area contributed by atoms with E-state index in [-0.39, 0.29) is 18.5 Å². The standard InChI is InChI=1S/C59H111NO5/c1-3-5-7-9-11-13-15-17-18-19-21-24-28-31-35-39-43-47-51-57(62)56(55-61)60-58(63)52-48-44-40-36-32-29-25-22-20-23-26-30-34-38-42-46-50-54-65-59(64)53-49-45-41-37-33-27-16-14-12-10-8-6-4-2/h8,10,14,16,47,51,56-57,61-62H,3-7,9,11-13,15,17-46,48-50,52-55H2,1-2H3,(H,60,63)/b10-8-,16-14-,51-47+. The summed E-state index contributed by atoms with van der Waals surface area (Å²) in [6.45, 7) is 4.83. The van der Waals surface area contributed by atoms with Gasteiger partial charge < -0.3 is 20.3 Å². The van der Waals surface area contributed by atoms with Gasteiger partial charge in [-0.2, -0.15) is 0 Å². The highest BCUT2D eigenvalue weighted by atomic mass is 16.5. The van der Waals surface area contributed by atoms with Crippen LogP contribution >= 0.6 is 0 Å². The summed E-state index contributed by atoms with van der Waals surface area (Å²) < 4.78 is 5.46. The van der Waals surface area contributed by atoms with Gasteiger partial charge >= 0.3 is 5.97 Å². The summed E-state index contributed by atoms with van der Waals surface area (Å²) in [5.41, 5.74) is 0. The molecule has 2 atom stereocenters. The van der Waals surface area contributed by atoms with Crippen LogP contribution in [0, 0.1) is 0 Å². The van der Waals surface area contributed by atoms with Crippen LogP contribution in [0.25, 0.3) is 0 Å². The van der Waals surface area contributed by atoms with Crippen LogP contribution in [-0.2, 0) is 14.3 Å². The van der Waals surface area contributed by atoms with Gasteiger partial charge in [0.05, 0.1) is 25.4 Å². The number of nitrogens with one attached hydrogen (secondary N) is 1. The number of rotatable bonds is 53. The van der Waals surface area contributed by atoms with Crippen LogP contribution in [-0.4, -0.2) is 47.4 Å². The first-order valence-electron chi connectivity index (χ1n) is 28.8. The van der Waals surface area contributed by atoms with E-state index in [1.165, 1.54) is 225 Å². The van der Waals surface area contributed by atoms with Crippen molar-refractivity contribution in [1.82, 2.24) is 5.32 Å². The van der Waals surface area contributed by atoms with Gasteiger partial charge in [-0.15, -0.1) is 0 Å². The van der Waals surface area contributed by atoms with Gasteiger partial charge in [-0.05, 0) is 57.8 Å². The first-order valence-corrected chi connectivity index (χ1v) is 28.8. The SMILES string of the molecule is CCC/C=C\C/C=C\CCCCCCCC(=O)OCCCCCCCCCCCCCCCCCCCC(=O)NC(CO)C(O)/C=C/CCCCCCCCCCCCCCCCCC. The van der Waals surface area contributed by atoms with Gasteiger partial charge in [-0.25, -0.2) is 0 Å². The maximum atomic E-state index is 12.5. The quantitative estimate of drug-likeness (QED) is 0.0321. The lowest BCUT2D eigenvalue weighted by molar-refractivity contribution is -0.143. The van der Waals surface area contributed by atoms with Crippen molar-refractivity contribution in [3.8, 4) is 0 Å². The van der Waals surface area contributed by atoms with Crippen LogP contribution < -0.4 is 5.32 Å². The lowest BCUT2D eigenvalue weighted by Crippen LogP contribution is -2.45. The number of amides is 1. The Morgan fingerprint density at radius 3 is 1.23 bits per heavy atom. The van der Waals surface area contributed by atoms with Crippen LogP contribution in [0.1, 0.15) is 303 Å². The largest absolute Gasteiger partial charge is 0.466 e. The summed E-state index contributed by atoms with van der Waals surface area (Å²) in [4.78, 5) is 24.5. The second-order valence-electron chi connectivity index (χ2n) is 19.6. The molecule has 2 unspecified atom stereocenters. The second-order valence-corrected chi connectivity index (χ2v) is 19.6. The minimum Gasteiger partial charge on any atom is -0.466 e. The maximum absolute atomic E-state index is 12.5. The number of hydrogen-bond donors (Lipinski definition) is 3. The summed E-state index contributed by atoms with van der Waals surface area (Å²) in [5.74, 6) is -0.0833. The predicted molar refractivity (Wildman–Crippen MR) is 283 cm³/mol. The van der Waals surface area contributed by atoms with Gasteiger partial charge in [-0.1, -0.05) is 269 Å². The van der Waals surface area contributed by atoms with E-state index in [1.54, 1.807) is 6.08 Å². The summed E-state index contributed by atoms with van der Waals surface area (Å²) in [5, 5.41) is 23.1. The Hall–Kier alpha value is -1.92. The van der Waals surface area contributed by atoms with Crippen molar-refractivity contribution < 1.29 is 24.5 Å². The van der Waals surface area contributed by atoms with E-state index in [0.717, 1.165) is 51.4 Å².